The minimum absolute atomic E-state index is 0.401. The minimum Gasteiger partial charge on any atom is -0.440 e. The normalized spacial score (nSPS) is 12.1. The third-order valence-electron chi connectivity index (χ3n) is 1.60. The van der Waals surface area contributed by atoms with Gasteiger partial charge in [0, 0.05) is 0 Å². The van der Waals surface area contributed by atoms with Crippen molar-refractivity contribution in [2.45, 2.75) is 19.8 Å². The summed E-state index contributed by atoms with van der Waals surface area (Å²) in [7, 11) is 0. The Morgan fingerprint density at radius 3 is 2.42 bits per heavy atom. The van der Waals surface area contributed by atoms with Gasteiger partial charge in [-0.25, -0.2) is 4.98 Å². The number of aromatic nitrogens is 1. The van der Waals surface area contributed by atoms with E-state index in [2.05, 4.69) is 4.98 Å². The summed E-state index contributed by atoms with van der Waals surface area (Å²) in [4.78, 5) is 3.56. The fraction of sp³-hybridized carbons (Fsp3) is 0.571. The molecule has 1 aromatic rings. The van der Waals surface area contributed by atoms with Crippen molar-refractivity contribution in [2.24, 2.45) is 5.73 Å². The number of oxazole rings is 1. The number of halogens is 2. The van der Waals surface area contributed by atoms with E-state index >= 15 is 0 Å². The molecule has 1 heterocycles. The minimum atomic E-state index is -3.15. The largest absolute Gasteiger partial charge is 0.440 e. The molecule has 12 heavy (non-hydrogen) atoms. The Labute approximate surface area is 68.6 Å². The molecule has 0 saturated heterocycles. The van der Waals surface area contributed by atoms with Gasteiger partial charge in [0.15, 0.2) is 0 Å². The van der Waals surface area contributed by atoms with Gasteiger partial charge in [-0.2, -0.15) is 8.78 Å². The average Bonchev–Trinajstić information content (AvgIpc) is 2.33. The van der Waals surface area contributed by atoms with Crippen molar-refractivity contribution in [1.82, 2.24) is 4.98 Å². The van der Waals surface area contributed by atoms with E-state index < -0.39 is 18.4 Å². The quantitative estimate of drug-likeness (QED) is 0.739. The highest BCUT2D eigenvalue weighted by molar-refractivity contribution is 5.08. The van der Waals surface area contributed by atoms with Crippen molar-refractivity contribution >= 4 is 0 Å². The first-order valence-electron chi connectivity index (χ1n) is 3.50. The summed E-state index contributed by atoms with van der Waals surface area (Å²) in [6.45, 7) is 2.40. The monoisotopic (exact) mass is 176 g/mol. The average molecular weight is 176 g/mol. The fourth-order valence-corrected chi connectivity index (χ4v) is 0.716. The smallest absolute Gasteiger partial charge is 0.334 e. The van der Waals surface area contributed by atoms with Crippen LogP contribution in [-0.2, 0) is 5.92 Å². The maximum atomic E-state index is 12.8. The van der Waals surface area contributed by atoms with Crippen molar-refractivity contribution in [3.05, 3.63) is 17.3 Å². The predicted octanol–water partition coefficient (Wildman–Crippen LogP) is 1.34. The van der Waals surface area contributed by atoms with Gasteiger partial charge in [0.1, 0.15) is 5.76 Å². The molecule has 0 aromatic carbocycles. The van der Waals surface area contributed by atoms with Gasteiger partial charge in [0.2, 0.25) is 0 Å². The molecular weight excluding hydrogens is 166 g/mol. The van der Waals surface area contributed by atoms with E-state index in [0.717, 1.165) is 0 Å². The van der Waals surface area contributed by atoms with E-state index in [0.29, 0.717) is 11.5 Å². The molecule has 68 valence electrons. The first-order chi connectivity index (χ1) is 5.47. The van der Waals surface area contributed by atoms with Crippen LogP contribution in [0, 0.1) is 13.8 Å². The van der Waals surface area contributed by atoms with Crippen LogP contribution in [0.5, 0.6) is 0 Å². The van der Waals surface area contributed by atoms with Crippen molar-refractivity contribution in [2.75, 3.05) is 6.54 Å². The molecule has 0 aliphatic carbocycles. The molecule has 0 bridgehead atoms. The molecule has 1 aromatic heterocycles. The van der Waals surface area contributed by atoms with Crippen molar-refractivity contribution in [3.63, 3.8) is 0 Å². The molecule has 0 atom stereocenters. The second-order valence-electron chi connectivity index (χ2n) is 2.57. The highest BCUT2D eigenvalue weighted by atomic mass is 19.3. The molecule has 0 radical (unpaired) electrons. The van der Waals surface area contributed by atoms with Crippen molar-refractivity contribution in [1.29, 1.82) is 0 Å². The summed E-state index contributed by atoms with van der Waals surface area (Å²) in [5.41, 5.74) is 5.32. The van der Waals surface area contributed by atoms with Crippen LogP contribution in [0.15, 0.2) is 4.42 Å². The lowest BCUT2D eigenvalue weighted by Crippen LogP contribution is -2.25. The zero-order valence-electron chi connectivity index (χ0n) is 6.90. The molecule has 0 aliphatic heterocycles. The summed E-state index contributed by atoms with van der Waals surface area (Å²) in [5, 5.41) is 0. The van der Waals surface area contributed by atoms with Gasteiger partial charge >= 0.3 is 5.92 Å². The van der Waals surface area contributed by atoms with Crippen LogP contribution in [0.3, 0.4) is 0 Å². The van der Waals surface area contributed by atoms with Crippen LogP contribution in [0.1, 0.15) is 17.3 Å². The maximum Gasteiger partial charge on any atom is 0.334 e. The van der Waals surface area contributed by atoms with E-state index in [9.17, 15) is 8.78 Å². The molecule has 0 unspecified atom stereocenters. The van der Waals surface area contributed by atoms with E-state index in [-0.39, 0.29) is 0 Å². The van der Waals surface area contributed by atoms with Crippen LogP contribution >= 0.6 is 0 Å². The van der Waals surface area contributed by atoms with Crippen molar-refractivity contribution in [3.8, 4) is 0 Å². The zero-order valence-corrected chi connectivity index (χ0v) is 6.90. The van der Waals surface area contributed by atoms with Crippen molar-refractivity contribution < 1.29 is 13.2 Å². The molecule has 0 fully saturated rings. The standard InChI is InChI=1S/C7H10F2N2O/c1-4-5(2)12-6(11-4)7(8,9)3-10/h3,10H2,1-2H3. The second kappa shape index (κ2) is 2.82. The Balaban J connectivity index is 3.04. The number of nitrogens with zero attached hydrogens (tertiary/aromatic N) is 1. The van der Waals surface area contributed by atoms with E-state index in [1.165, 1.54) is 0 Å². The topological polar surface area (TPSA) is 52.0 Å². The zero-order chi connectivity index (χ0) is 9.35. The number of rotatable bonds is 2. The summed E-state index contributed by atoms with van der Waals surface area (Å²) < 4.78 is 30.3. The Hall–Kier alpha value is -0.970. The lowest BCUT2D eigenvalue weighted by atomic mass is 10.3. The second-order valence-corrected chi connectivity index (χ2v) is 2.57. The number of alkyl halides is 2. The van der Waals surface area contributed by atoms with Gasteiger partial charge in [-0.3, -0.25) is 0 Å². The predicted molar refractivity (Wildman–Crippen MR) is 38.9 cm³/mol. The maximum absolute atomic E-state index is 12.8. The molecule has 3 nitrogen and oxygen atoms in total. The van der Waals surface area contributed by atoms with Crippen LogP contribution in [0.25, 0.3) is 0 Å². The lowest BCUT2D eigenvalue weighted by molar-refractivity contribution is -0.0219. The molecular formula is C7H10F2N2O. The highest BCUT2D eigenvalue weighted by Gasteiger charge is 2.35. The first-order valence-corrected chi connectivity index (χ1v) is 3.50. The summed E-state index contributed by atoms with van der Waals surface area (Å²) in [6, 6.07) is 0. The van der Waals surface area contributed by atoms with Gasteiger partial charge < -0.3 is 10.2 Å². The van der Waals surface area contributed by atoms with Gasteiger partial charge in [-0.05, 0) is 13.8 Å². The number of aryl methyl sites for hydroxylation is 2. The fourth-order valence-electron chi connectivity index (χ4n) is 0.716. The molecule has 0 aliphatic rings. The molecule has 5 heteroatoms. The number of nitrogens with two attached hydrogens (primary N) is 1. The van der Waals surface area contributed by atoms with Gasteiger partial charge in [-0.15, -0.1) is 0 Å². The number of hydrogen-bond acceptors (Lipinski definition) is 3. The summed E-state index contributed by atoms with van der Waals surface area (Å²) in [5.74, 6) is -3.35. The molecule has 0 saturated carbocycles. The van der Waals surface area contributed by atoms with E-state index in [4.69, 9.17) is 10.2 Å². The van der Waals surface area contributed by atoms with E-state index in [1.54, 1.807) is 13.8 Å². The Kier molecular flexibility index (Phi) is 2.14. The molecule has 0 amide bonds. The lowest BCUT2D eigenvalue weighted by Gasteiger charge is -2.07. The van der Waals surface area contributed by atoms with Gasteiger partial charge in [-0.1, -0.05) is 0 Å². The Bertz CT molecular complexity index is 263. The highest BCUT2D eigenvalue weighted by Crippen LogP contribution is 2.26. The van der Waals surface area contributed by atoms with E-state index in [1.807, 2.05) is 0 Å². The third-order valence-corrected chi connectivity index (χ3v) is 1.60. The van der Waals surface area contributed by atoms with Gasteiger partial charge in [0.25, 0.3) is 5.89 Å². The van der Waals surface area contributed by atoms with Crippen LogP contribution in [0.2, 0.25) is 0 Å². The molecule has 2 N–H and O–H groups in total. The van der Waals surface area contributed by atoms with Crippen LogP contribution < -0.4 is 5.73 Å². The Morgan fingerprint density at radius 2 is 2.08 bits per heavy atom. The summed E-state index contributed by atoms with van der Waals surface area (Å²) >= 11 is 0. The SMILES string of the molecule is Cc1nc(C(F)(F)CN)oc1C. The number of hydrogen-bond donors (Lipinski definition) is 1. The van der Waals surface area contributed by atoms with Gasteiger partial charge in [0.05, 0.1) is 12.2 Å². The summed E-state index contributed by atoms with van der Waals surface area (Å²) in [6.07, 6.45) is 0. The van der Waals surface area contributed by atoms with Crippen LogP contribution in [-0.4, -0.2) is 11.5 Å². The Morgan fingerprint density at radius 1 is 1.50 bits per heavy atom. The van der Waals surface area contributed by atoms with Crippen LogP contribution in [0.4, 0.5) is 8.78 Å². The molecule has 1 rings (SSSR count). The molecule has 0 spiro atoms. The third kappa shape index (κ3) is 1.45. The first kappa shape index (κ1) is 9.12.